The van der Waals surface area contributed by atoms with Crippen molar-refractivity contribution in [2.45, 2.75) is 38.7 Å². The molecule has 0 radical (unpaired) electrons. The minimum absolute atomic E-state index is 0.0172. The third kappa shape index (κ3) is 3.87. The van der Waals surface area contributed by atoms with Crippen LogP contribution in [-0.2, 0) is 9.53 Å². The third-order valence-electron chi connectivity index (χ3n) is 2.90. The van der Waals surface area contributed by atoms with E-state index in [2.05, 4.69) is 4.74 Å². The van der Waals surface area contributed by atoms with Crippen LogP contribution in [0.4, 0.5) is 13.2 Å². The Balaban J connectivity index is 2.85. The van der Waals surface area contributed by atoms with E-state index < -0.39 is 17.9 Å². The summed E-state index contributed by atoms with van der Waals surface area (Å²) in [5, 5.41) is 8.61. The first-order valence-corrected chi connectivity index (χ1v) is 5.51. The van der Waals surface area contributed by atoms with Crippen LogP contribution in [0, 0.1) is 5.92 Å². The Morgan fingerprint density at radius 3 is 2.50 bits per heavy atom. The molecular weight excluding hydrogens is 249 g/mol. The van der Waals surface area contributed by atoms with Gasteiger partial charge < -0.3 is 5.11 Å². The standard InChI is InChI=1S/C12H15F3O3/c1-8(2)11(18-12(13,14)15)5-3-9(4-6-11)7-10(16)17/h3-5,8H,6-7H2,1-2H3,(H,16,17). The van der Waals surface area contributed by atoms with E-state index in [9.17, 15) is 18.0 Å². The molecule has 0 aromatic heterocycles. The van der Waals surface area contributed by atoms with E-state index in [-0.39, 0.29) is 18.8 Å². The highest BCUT2D eigenvalue weighted by atomic mass is 19.4. The number of hydrogen-bond donors (Lipinski definition) is 1. The zero-order valence-corrected chi connectivity index (χ0v) is 10.1. The summed E-state index contributed by atoms with van der Waals surface area (Å²) in [5.74, 6) is -1.39. The lowest BCUT2D eigenvalue weighted by molar-refractivity contribution is -0.364. The average Bonchev–Trinajstić information content (AvgIpc) is 2.18. The van der Waals surface area contributed by atoms with E-state index in [0.717, 1.165) is 0 Å². The molecule has 0 fully saturated rings. The summed E-state index contributed by atoms with van der Waals surface area (Å²) in [6.07, 6.45) is -0.709. The number of ether oxygens (including phenoxy) is 1. The topological polar surface area (TPSA) is 46.5 Å². The number of rotatable bonds is 4. The van der Waals surface area contributed by atoms with Gasteiger partial charge in [0.05, 0.1) is 6.42 Å². The van der Waals surface area contributed by atoms with Crippen LogP contribution < -0.4 is 0 Å². The van der Waals surface area contributed by atoms with E-state index in [0.29, 0.717) is 5.57 Å². The summed E-state index contributed by atoms with van der Waals surface area (Å²) in [4.78, 5) is 10.5. The van der Waals surface area contributed by atoms with Crippen molar-refractivity contribution < 1.29 is 27.8 Å². The Morgan fingerprint density at radius 2 is 2.17 bits per heavy atom. The molecular formula is C12H15F3O3. The molecule has 0 saturated carbocycles. The molecule has 1 unspecified atom stereocenters. The number of allylic oxidation sites excluding steroid dienone is 1. The normalized spacial score (nSPS) is 24.2. The number of carbonyl (C=O) groups is 1. The molecule has 18 heavy (non-hydrogen) atoms. The predicted molar refractivity (Wildman–Crippen MR) is 58.8 cm³/mol. The molecule has 3 nitrogen and oxygen atoms in total. The van der Waals surface area contributed by atoms with Gasteiger partial charge in [0.25, 0.3) is 0 Å². The Bertz CT molecular complexity index is 383. The highest BCUT2D eigenvalue weighted by molar-refractivity contribution is 5.71. The van der Waals surface area contributed by atoms with Crippen molar-refractivity contribution >= 4 is 5.97 Å². The first-order chi connectivity index (χ1) is 8.15. The fourth-order valence-electron chi connectivity index (χ4n) is 1.82. The van der Waals surface area contributed by atoms with Gasteiger partial charge in [-0.15, -0.1) is 13.2 Å². The van der Waals surface area contributed by atoms with Crippen molar-refractivity contribution in [1.82, 2.24) is 0 Å². The minimum Gasteiger partial charge on any atom is -0.481 e. The van der Waals surface area contributed by atoms with Gasteiger partial charge in [-0.05, 0) is 17.9 Å². The van der Waals surface area contributed by atoms with Crippen LogP contribution in [0.2, 0.25) is 0 Å². The molecule has 0 bridgehead atoms. The monoisotopic (exact) mass is 264 g/mol. The lowest BCUT2D eigenvalue weighted by atomic mass is 9.82. The van der Waals surface area contributed by atoms with Crippen LogP contribution in [0.15, 0.2) is 23.8 Å². The number of aliphatic carboxylic acids is 1. The molecule has 1 aliphatic carbocycles. The van der Waals surface area contributed by atoms with Crippen molar-refractivity contribution in [1.29, 1.82) is 0 Å². The largest absolute Gasteiger partial charge is 0.523 e. The second-order valence-electron chi connectivity index (χ2n) is 4.54. The van der Waals surface area contributed by atoms with E-state index in [1.54, 1.807) is 13.8 Å². The Hall–Kier alpha value is -1.30. The number of alkyl halides is 3. The van der Waals surface area contributed by atoms with E-state index >= 15 is 0 Å². The van der Waals surface area contributed by atoms with Gasteiger partial charge in [-0.25, -0.2) is 0 Å². The molecule has 6 heteroatoms. The van der Waals surface area contributed by atoms with E-state index in [1.165, 1.54) is 18.2 Å². The first-order valence-electron chi connectivity index (χ1n) is 5.51. The minimum atomic E-state index is -4.72. The van der Waals surface area contributed by atoms with Crippen molar-refractivity contribution in [3.05, 3.63) is 23.8 Å². The second-order valence-corrected chi connectivity index (χ2v) is 4.54. The van der Waals surface area contributed by atoms with Crippen molar-refractivity contribution in [3.63, 3.8) is 0 Å². The molecule has 102 valence electrons. The number of halogens is 3. The van der Waals surface area contributed by atoms with Crippen LogP contribution >= 0.6 is 0 Å². The van der Waals surface area contributed by atoms with Gasteiger partial charge in [0.2, 0.25) is 0 Å². The molecule has 0 aliphatic heterocycles. The summed E-state index contributed by atoms with van der Waals surface area (Å²) in [6, 6.07) is 0. The molecule has 0 spiro atoms. The molecule has 1 rings (SSSR count). The third-order valence-corrected chi connectivity index (χ3v) is 2.90. The van der Waals surface area contributed by atoms with Gasteiger partial charge in [0, 0.05) is 0 Å². The SMILES string of the molecule is CC(C)C1(OC(F)(F)F)C=CC(CC(=O)O)=CC1. The smallest absolute Gasteiger partial charge is 0.481 e. The first kappa shape index (κ1) is 14.8. The molecule has 0 aromatic rings. The molecule has 1 aliphatic rings. The lowest BCUT2D eigenvalue weighted by Gasteiger charge is -2.36. The van der Waals surface area contributed by atoms with Gasteiger partial charge in [-0.1, -0.05) is 32.1 Å². The molecule has 1 atom stereocenters. The highest BCUT2D eigenvalue weighted by Crippen LogP contribution is 2.38. The Kier molecular flexibility index (Phi) is 4.21. The molecule has 1 N–H and O–H groups in total. The molecule has 0 amide bonds. The summed E-state index contributed by atoms with van der Waals surface area (Å²) in [6.45, 7) is 3.26. The van der Waals surface area contributed by atoms with Gasteiger partial charge in [0.15, 0.2) is 0 Å². The second kappa shape index (κ2) is 5.14. The van der Waals surface area contributed by atoms with Gasteiger partial charge in [0.1, 0.15) is 5.60 Å². The average molecular weight is 264 g/mol. The number of carboxylic acids is 1. The summed E-state index contributed by atoms with van der Waals surface area (Å²) in [7, 11) is 0. The maximum Gasteiger partial charge on any atom is 0.523 e. The molecule has 0 heterocycles. The van der Waals surface area contributed by atoms with Crippen LogP contribution in [0.25, 0.3) is 0 Å². The van der Waals surface area contributed by atoms with Crippen molar-refractivity contribution in [2.75, 3.05) is 0 Å². The zero-order valence-electron chi connectivity index (χ0n) is 10.1. The van der Waals surface area contributed by atoms with Crippen LogP contribution in [0.3, 0.4) is 0 Å². The highest BCUT2D eigenvalue weighted by Gasteiger charge is 2.44. The van der Waals surface area contributed by atoms with E-state index in [4.69, 9.17) is 5.11 Å². The van der Waals surface area contributed by atoms with Crippen molar-refractivity contribution in [3.8, 4) is 0 Å². The quantitative estimate of drug-likeness (QED) is 0.847. The summed E-state index contributed by atoms with van der Waals surface area (Å²) in [5.41, 5.74) is -0.954. The van der Waals surface area contributed by atoms with Gasteiger partial charge >= 0.3 is 12.3 Å². The zero-order chi connectivity index (χ0) is 14.0. The summed E-state index contributed by atoms with van der Waals surface area (Å²) < 4.78 is 41.3. The Morgan fingerprint density at radius 1 is 1.56 bits per heavy atom. The van der Waals surface area contributed by atoms with Crippen LogP contribution in [0.5, 0.6) is 0 Å². The summed E-state index contributed by atoms with van der Waals surface area (Å²) >= 11 is 0. The lowest BCUT2D eigenvalue weighted by Crippen LogP contribution is -2.41. The van der Waals surface area contributed by atoms with Crippen LogP contribution in [0.1, 0.15) is 26.7 Å². The maximum atomic E-state index is 12.4. The fourth-order valence-corrected chi connectivity index (χ4v) is 1.82. The predicted octanol–water partition coefficient (Wildman–Crippen LogP) is 3.28. The van der Waals surface area contributed by atoms with E-state index in [1.807, 2.05) is 0 Å². The Labute approximate surface area is 103 Å². The van der Waals surface area contributed by atoms with Gasteiger partial charge in [-0.3, -0.25) is 9.53 Å². The fraction of sp³-hybridized carbons (Fsp3) is 0.583. The maximum absolute atomic E-state index is 12.4. The molecule has 0 aromatic carbocycles. The number of hydrogen-bond acceptors (Lipinski definition) is 2. The van der Waals surface area contributed by atoms with Gasteiger partial charge in [-0.2, -0.15) is 0 Å². The molecule has 0 saturated heterocycles. The van der Waals surface area contributed by atoms with Crippen LogP contribution in [-0.4, -0.2) is 23.0 Å². The van der Waals surface area contributed by atoms with Crippen molar-refractivity contribution in [2.24, 2.45) is 5.92 Å². The number of carboxylic acid groups (broad SMARTS) is 1.